The van der Waals surface area contributed by atoms with Gasteiger partial charge in [-0.2, -0.15) is 0 Å². The molecule has 11 heteroatoms. The quantitative estimate of drug-likeness (QED) is 0.367. The Labute approximate surface area is 201 Å². The van der Waals surface area contributed by atoms with E-state index >= 15 is 0 Å². The molecule has 0 atom stereocenters. The van der Waals surface area contributed by atoms with Gasteiger partial charge in [-0.25, -0.2) is 12.8 Å². The number of hydrogen-bond acceptors (Lipinski definition) is 7. The molecule has 0 saturated carbocycles. The Bertz CT molecular complexity index is 1440. The summed E-state index contributed by atoms with van der Waals surface area (Å²) in [5, 5.41) is 10.6. The van der Waals surface area contributed by atoms with E-state index in [2.05, 4.69) is 25.2 Å². The van der Waals surface area contributed by atoms with Crippen molar-refractivity contribution >= 4 is 27.3 Å². The summed E-state index contributed by atoms with van der Waals surface area (Å²) in [6.45, 7) is 2.13. The number of halogens is 1. The van der Waals surface area contributed by atoms with Gasteiger partial charge in [-0.15, -0.1) is 10.2 Å². The number of carbonyl (C=O) groups is 1. The topological polar surface area (TPSA) is 127 Å². The van der Waals surface area contributed by atoms with Crippen molar-refractivity contribution in [1.29, 1.82) is 0 Å². The molecule has 0 aliphatic carbocycles. The number of pyridine rings is 1. The number of carbonyl (C=O) groups excluding carboxylic acids is 1. The molecule has 0 radical (unpaired) electrons. The number of aromatic nitrogens is 3. The van der Waals surface area contributed by atoms with Crippen molar-refractivity contribution in [2.45, 2.75) is 18.7 Å². The monoisotopic (exact) mass is 495 g/mol. The van der Waals surface area contributed by atoms with Gasteiger partial charge in [0.05, 0.1) is 16.0 Å². The molecule has 0 unspecified atom stereocenters. The van der Waals surface area contributed by atoms with Crippen molar-refractivity contribution in [3.8, 4) is 23.0 Å². The van der Waals surface area contributed by atoms with Crippen LogP contribution in [-0.4, -0.2) is 36.2 Å². The normalized spacial score (nSPS) is 11.7. The van der Waals surface area contributed by atoms with E-state index < -0.39 is 28.0 Å². The molecule has 2 aromatic carbocycles. The SMILES string of the molecule is CC(C)(CF)C(=O)Nc1cccc(NS(=O)(=O)c2ccc(-c3nnc(-c4ccccn4)o3)cc2)c1. The lowest BCUT2D eigenvalue weighted by Crippen LogP contribution is -2.32. The lowest BCUT2D eigenvalue weighted by Gasteiger charge is -2.19. The summed E-state index contributed by atoms with van der Waals surface area (Å²) in [5.41, 5.74) is 0.447. The Kier molecular flexibility index (Phi) is 6.61. The minimum absolute atomic E-state index is 0.0127. The highest BCUT2D eigenvalue weighted by atomic mass is 32.2. The first-order chi connectivity index (χ1) is 16.7. The molecule has 4 rings (SSSR count). The van der Waals surface area contributed by atoms with E-state index in [4.69, 9.17) is 4.42 Å². The molecule has 35 heavy (non-hydrogen) atoms. The first kappa shape index (κ1) is 24.0. The van der Waals surface area contributed by atoms with Crippen LogP contribution in [-0.2, 0) is 14.8 Å². The van der Waals surface area contributed by atoms with Crippen LogP contribution in [0.5, 0.6) is 0 Å². The highest BCUT2D eigenvalue weighted by Crippen LogP contribution is 2.26. The van der Waals surface area contributed by atoms with Crippen molar-refractivity contribution in [1.82, 2.24) is 15.2 Å². The number of amides is 1. The van der Waals surface area contributed by atoms with E-state index in [-0.39, 0.29) is 22.4 Å². The fourth-order valence-corrected chi connectivity index (χ4v) is 3.99. The largest absolute Gasteiger partial charge is 0.415 e. The third-order valence-electron chi connectivity index (χ3n) is 5.04. The number of anilines is 2. The minimum Gasteiger partial charge on any atom is -0.415 e. The molecule has 4 aromatic rings. The van der Waals surface area contributed by atoms with Gasteiger partial charge in [0.25, 0.3) is 15.9 Å². The maximum atomic E-state index is 13.1. The van der Waals surface area contributed by atoms with Gasteiger partial charge >= 0.3 is 0 Å². The number of rotatable bonds is 8. The summed E-state index contributed by atoms with van der Waals surface area (Å²) in [7, 11) is -3.93. The lowest BCUT2D eigenvalue weighted by atomic mass is 9.94. The zero-order valence-corrected chi connectivity index (χ0v) is 19.7. The van der Waals surface area contributed by atoms with Gasteiger partial charge in [0.2, 0.25) is 11.8 Å². The molecular formula is C24H22FN5O4S. The first-order valence-corrected chi connectivity index (χ1v) is 12.0. The molecule has 1 amide bonds. The molecule has 2 N–H and O–H groups in total. The minimum atomic E-state index is -3.93. The Morgan fingerprint density at radius 3 is 2.37 bits per heavy atom. The van der Waals surface area contributed by atoms with Gasteiger partial charge in [-0.3, -0.25) is 14.5 Å². The summed E-state index contributed by atoms with van der Waals surface area (Å²) < 4.78 is 46.9. The van der Waals surface area contributed by atoms with Crippen LogP contribution in [0.15, 0.2) is 82.2 Å². The van der Waals surface area contributed by atoms with Gasteiger partial charge in [0.1, 0.15) is 12.4 Å². The molecule has 0 aliphatic rings. The number of sulfonamides is 1. The molecule has 2 heterocycles. The summed E-state index contributed by atoms with van der Waals surface area (Å²) in [6.07, 6.45) is 1.61. The Hall–Kier alpha value is -4.12. The fourth-order valence-electron chi connectivity index (χ4n) is 2.94. The van der Waals surface area contributed by atoms with Crippen molar-refractivity contribution in [3.05, 3.63) is 72.9 Å². The van der Waals surface area contributed by atoms with Crippen molar-refractivity contribution in [2.24, 2.45) is 5.41 Å². The number of hydrogen-bond donors (Lipinski definition) is 2. The Morgan fingerprint density at radius 2 is 1.69 bits per heavy atom. The number of nitrogens with zero attached hydrogens (tertiary/aromatic N) is 3. The first-order valence-electron chi connectivity index (χ1n) is 10.5. The molecule has 9 nitrogen and oxygen atoms in total. The molecule has 0 fully saturated rings. The Balaban J connectivity index is 1.48. The summed E-state index contributed by atoms with van der Waals surface area (Å²) in [6, 6.07) is 17.4. The molecule has 2 aromatic heterocycles. The van der Waals surface area contributed by atoms with Crippen LogP contribution in [0.1, 0.15) is 13.8 Å². The lowest BCUT2D eigenvalue weighted by molar-refractivity contribution is -0.124. The van der Waals surface area contributed by atoms with E-state index in [0.717, 1.165) is 0 Å². The molecule has 0 aliphatic heterocycles. The summed E-state index contributed by atoms with van der Waals surface area (Å²) >= 11 is 0. The second-order valence-electron chi connectivity index (χ2n) is 8.31. The predicted octanol–water partition coefficient (Wildman–Crippen LogP) is 4.53. The number of nitrogens with one attached hydrogen (secondary N) is 2. The van der Waals surface area contributed by atoms with Crippen molar-refractivity contribution < 1.29 is 22.0 Å². The van der Waals surface area contributed by atoms with Crippen LogP contribution < -0.4 is 10.0 Å². The average molecular weight is 496 g/mol. The van der Waals surface area contributed by atoms with E-state index in [1.165, 1.54) is 32.0 Å². The smallest absolute Gasteiger partial charge is 0.266 e. The molecular weight excluding hydrogens is 473 g/mol. The second kappa shape index (κ2) is 9.63. The highest BCUT2D eigenvalue weighted by Gasteiger charge is 2.27. The number of benzene rings is 2. The standard InChI is InChI=1S/C24H22FN5O4S/c1-24(2,15-25)23(31)27-17-6-5-7-18(14-17)30-35(32,33)19-11-9-16(10-12-19)21-28-29-22(34-21)20-8-3-4-13-26-20/h3-14,30H,15H2,1-2H3,(H,27,31). The molecule has 0 spiro atoms. The van der Waals surface area contributed by atoms with Crippen molar-refractivity contribution in [2.75, 3.05) is 16.7 Å². The zero-order chi connectivity index (χ0) is 25.1. The van der Waals surface area contributed by atoms with Crippen LogP contribution >= 0.6 is 0 Å². The number of alkyl halides is 1. The Morgan fingerprint density at radius 1 is 0.971 bits per heavy atom. The van der Waals surface area contributed by atoms with Crippen molar-refractivity contribution in [3.63, 3.8) is 0 Å². The predicted molar refractivity (Wildman–Crippen MR) is 129 cm³/mol. The summed E-state index contributed by atoms with van der Waals surface area (Å²) in [5.74, 6) is -0.0362. The van der Waals surface area contributed by atoms with Gasteiger partial charge < -0.3 is 9.73 Å². The fraction of sp³-hybridized carbons (Fsp3) is 0.167. The summed E-state index contributed by atoms with van der Waals surface area (Å²) in [4.78, 5) is 16.4. The van der Waals surface area contributed by atoms with Crippen LogP contribution in [0.2, 0.25) is 0 Å². The van der Waals surface area contributed by atoms with Crippen LogP contribution in [0.4, 0.5) is 15.8 Å². The molecule has 0 saturated heterocycles. The maximum Gasteiger partial charge on any atom is 0.266 e. The van der Waals surface area contributed by atoms with Gasteiger partial charge in [0, 0.05) is 17.4 Å². The second-order valence-corrected chi connectivity index (χ2v) is 9.99. The molecule has 0 bridgehead atoms. The van der Waals surface area contributed by atoms with E-state index in [1.54, 1.807) is 54.7 Å². The van der Waals surface area contributed by atoms with E-state index in [1.807, 2.05) is 0 Å². The van der Waals surface area contributed by atoms with Gasteiger partial charge in [-0.05, 0) is 68.4 Å². The van der Waals surface area contributed by atoms with Gasteiger partial charge in [0.15, 0.2) is 0 Å². The van der Waals surface area contributed by atoms with Crippen LogP contribution in [0.3, 0.4) is 0 Å². The van der Waals surface area contributed by atoms with Crippen LogP contribution in [0, 0.1) is 5.41 Å². The highest BCUT2D eigenvalue weighted by molar-refractivity contribution is 7.92. The third-order valence-corrected chi connectivity index (χ3v) is 6.44. The van der Waals surface area contributed by atoms with Crippen LogP contribution in [0.25, 0.3) is 23.0 Å². The van der Waals surface area contributed by atoms with Gasteiger partial charge in [-0.1, -0.05) is 12.1 Å². The zero-order valence-electron chi connectivity index (χ0n) is 18.9. The third kappa shape index (κ3) is 5.52. The van der Waals surface area contributed by atoms with E-state index in [9.17, 15) is 17.6 Å². The molecule has 180 valence electrons. The van der Waals surface area contributed by atoms with E-state index in [0.29, 0.717) is 16.9 Å². The maximum absolute atomic E-state index is 13.1. The average Bonchev–Trinajstić information content (AvgIpc) is 3.35.